The monoisotopic (exact) mass is 445 g/mol. The van der Waals surface area contributed by atoms with Crippen LogP contribution in [-0.4, -0.2) is 70.7 Å². The number of likely N-dealkylation sites (tertiary alicyclic amines) is 1. The van der Waals surface area contributed by atoms with Crippen molar-refractivity contribution >= 4 is 40.5 Å². The summed E-state index contributed by atoms with van der Waals surface area (Å²) >= 11 is 6.75. The maximum Gasteiger partial charge on any atom is 0.220 e. The van der Waals surface area contributed by atoms with Crippen molar-refractivity contribution in [1.29, 1.82) is 0 Å². The number of carbonyl (C=O) groups is 2. The van der Waals surface area contributed by atoms with Gasteiger partial charge in [-0.2, -0.15) is 0 Å². The van der Waals surface area contributed by atoms with E-state index in [9.17, 15) is 9.59 Å². The number of carbonyl (C=O) groups excluding carboxylic acids is 2. The van der Waals surface area contributed by atoms with Gasteiger partial charge < -0.3 is 14.8 Å². The van der Waals surface area contributed by atoms with Gasteiger partial charge in [0, 0.05) is 39.1 Å². The molecule has 1 amide bonds. The van der Waals surface area contributed by atoms with Crippen molar-refractivity contribution in [3.63, 3.8) is 0 Å². The lowest BCUT2D eigenvalue weighted by Gasteiger charge is -2.41. The fourth-order valence-corrected chi connectivity index (χ4v) is 5.38. The number of aromatic amines is 1. The Morgan fingerprint density at radius 1 is 1.32 bits per heavy atom. The van der Waals surface area contributed by atoms with E-state index in [1.807, 2.05) is 11.0 Å². The summed E-state index contributed by atoms with van der Waals surface area (Å²) in [6.07, 6.45) is 2.65. The number of piperidine rings is 1. The summed E-state index contributed by atoms with van der Waals surface area (Å²) < 4.78 is 0. The minimum Gasteiger partial charge on any atom is -0.365 e. The highest BCUT2D eigenvalue weighted by Gasteiger charge is 2.33. The molecule has 0 bridgehead atoms. The van der Waals surface area contributed by atoms with Crippen LogP contribution >= 0.6 is 11.6 Å². The Hall–Kier alpha value is -2.12. The fraction of sp³-hybridized carbons (Fsp3) is 0.609. The summed E-state index contributed by atoms with van der Waals surface area (Å²) in [4.78, 5) is 39.0. The molecule has 1 aromatic carbocycles. The summed E-state index contributed by atoms with van der Waals surface area (Å²) in [7, 11) is 0. The van der Waals surface area contributed by atoms with Gasteiger partial charge in [0.2, 0.25) is 5.91 Å². The van der Waals surface area contributed by atoms with Crippen molar-refractivity contribution < 1.29 is 9.59 Å². The van der Waals surface area contributed by atoms with Gasteiger partial charge in [-0.15, -0.1) is 0 Å². The summed E-state index contributed by atoms with van der Waals surface area (Å²) in [5.41, 5.74) is 2.67. The second-order valence-corrected chi connectivity index (χ2v) is 9.43. The summed E-state index contributed by atoms with van der Waals surface area (Å²) in [6.45, 7) is 12.7. The third kappa shape index (κ3) is 4.05. The highest BCUT2D eigenvalue weighted by atomic mass is 35.5. The highest BCUT2D eigenvalue weighted by molar-refractivity contribution is 6.37. The number of H-pyrrole nitrogens is 1. The number of aldehydes is 1. The molecule has 8 heteroatoms. The number of benzene rings is 1. The Morgan fingerprint density at radius 3 is 2.74 bits per heavy atom. The molecule has 0 radical (unpaired) electrons. The molecule has 2 saturated heterocycles. The molecule has 3 heterocycles. The van der Waals surface area contributed by atoms with Crippen LogP contribution in [0, 0.1) is 5.92 Å². The molecule has 2 fully saturated rings. The summed E-state index contributed by atoms with van der Waals surface area (Å²) in [5, 5.41) is 0.456. The van der Waals surface area contributed by atoms with Gasteiger partial charge in [0.1, 0.15) is 11.3 Å². The maximum atomic E-state index is 12.2. The van der Waals surface area contributed by atoms with Crippen molar-refractivity contribution in [3.05, 3.63) is 22.5 Å². The number of aromatic nitrogens is 2. The molecule has 2 aliphatic heterocycles. The Balaban J connectivity index is 1.76. The predicted octanol–water partition coefficient (Wildman–Crippen LogP) is 3.88. The molecule has 4 rings (SSSR count). The van der Waals surface area contributed by atoms with Gasteiger partial charge in [0.05, 0.1) is 27.8 Å². The minimum atomic E-state index is -0.109. The average molecular weight is 446 g/mol. The van der Waals surface area contributed by atoms with E-state index in [2.05, 4.69) is 35.6 Å². The zero-order valence-corrected chi connectivity index (χ0v) is 19.6. The number of hydrogen-bond donors (Lipinski definition) is 1. The number of halogens is 1. The molecule has 1 N–H and O–H groups in total. The van der Waals surface area contributed by atoms with E-state index in [1.165, 1.54) is 0 Å². The van der Waals surface area contributed by atoms with Gasteiger partial charge in [-0.25, -0.2) is 4.98 Å². The third-order valence-electron chi connectivity index (χ3n) is 6.92. The highest BCUT2D eigenvalue weighted by Crippen LogP contribution is 2.38. The van der Waals surface area contributed by atoms with Crippen LogP contribution in [0.4, 0.5) is 5.69 Å². The van der Waals surface area contributed by atoms with Crippen molar-refractivity contribution in [1.82, 2.24) is 19.8 Å². The Bertz CT molecular complexity index is 990. The van der Waals surface area contributed by atoms with Gasteiger partial charge in [-0.3, -0.25) is 14.5 Å². The van der Waals surface area contributed by atoms with Crippen LogP contribution in [-0.2, 0) is 4.79 Å². The SMILES string of the molecule is CCN1CCN(c2cc3[nH]c(C4CC(C)CCN4C(C)=O)nc3c(C=O)c2Cl)[C@@H](C)C1. The van der Waals surface area contributed by atoms with Crippen LogP contribution < -0.4 is 4.90 Å². The number of likely N-dealkylation sites (N-methyl/N-ethyl adjacent to an activating group) is 1. The first-order valence-corrected chi connectivity index (χ1v) is 11.6. The molecule has 0 saturated carbocycles. The number of hydrogen-bond acceptors (Lipinski definition) is 5. The maximum absolute atomic E-state index is 12.2. The number of nitrogens with one attached hydrogen (secondary N) is 1. The third-order valence-corrected chi connectivity index (χ3v) is 7.32. The molecule has 3 atom stereocenters. The molecular formula is C23H32ClN5O2. The molecule has 0 aliphatic carbocycles. The second-order valence-electron chi connectivity index (χ2n) is 9.05. The number of anilines is 1. The minimum absolute atomic E-state index is 0.0503. The summed E-state index contributed by atoms with van der Waals surface area (Å²) in [5.74, 6) is 1.29. The number of rotatable bonds is 4. The van der Waals surface area contributed by atoms with Crippen molar-refractivity contribution in [2.24, 2.45) is 5.92 Å². The van der Waals surface area contributed by atoms with Crippen molar-refractivity contribution in [2.75, 3.05) is 37.6 Å². The van der Waals surface area contributed by atoms with Gasteiger partial charge >= 0.3 is 0 Å². The zero-order chi connectivity index (χ0) is 22.3. The van der Waals surface area contributed by atoms with Crippen LogP contribution in [0.2, 0.25) is 5.02 Å². The van der Waals surface area contributed by atoms with E-state index >= 15 is 0 Å². The van der Waals surface area contributed by atoms with Crippen molar-refractivity contribution in [2.45, 2.75) is 52.6 Å². The molecule has 0 spiro atoms. The van der Waals surface area contributed by atoms with E-state index in [1.54, 1.807) is 6.92 Å². The van der Waals surface area contributed by atoms with Crippen LogP contribution in [0.3, 0.4) is 0 Å². The Labute approximate surface area is 188 Å². The van der Waals surface area contributed by atoms with E-state index < -0.39 is 0 Å². The van der Waals surface area contributed by atoms with Gasteiger partial charge in [-0.05, 0) is 38.3 Å². The molecule has 1 aromatic heterocycles. The molecular weight excluding hydrogens is 414 g/mol. The molecule has 31 heavy (non-hydrogen) atoms. The smallest absolute Gasteiger partial charge is 0.220 e. The first-order valence-electron chi connectivity index (χ1n) is 11.3. The van der Waals surface area contributed by atoms with Gasteiger partial charge in [0.15, 0.2) is 6.29 Å². The largest absolute Gasteiger partial charge is 0.365 e. The molecule has 7 nitrogen and oxygen atoms in total. The van der Waals surface area contributed by atoms with E-state index in [0.29, 0.717) is 22.0 Å². The van der Waals surface area contributed by atoms with E-state index in [-0.39, 0.29) is 18.0 Å². The van der Waals surface area contributed by atoms with Crippen LogP contribution in [0.15, 0.2) is 6.07 Å². The molecule has 2 unspecified atom stereocenters. The second kappa shape index (κ2) is 8.79. The Morgan fingerprint density at radius 2 is 2.10 bits per heavy atom. The molecule has 2 aromatic rings. The number of fused-ring (bicyclic) bond motifs is 1. The quantitative estimate of drug-likeness (QED) is 0.723. The predicted molar refractivity (Wildman–Crippen MR) is 124 cm³/mol. The van der Waals surface area contributed by atoms with E-state index in [4.69, 9.17) is 16.6 Å². The standard InChI is InChI=1S/C23H32ClN5O2/c1-5-27-8-9-28(15(3)12-27)19-11-18-22(17(13-30)21(19)24)26-23(25-18)20-10-14(2)6-7-29(20)16(4)31/h11,13-15,20H,5-10,12H2,1-4H3,(H,25,26)/t14?,15-,20?/m0/s1. The van der Waals surface area contributed by atoms with E-state index in [0.717, 1.165) is 68.9 Å². The van der Waals surface area contributed by atoms with Gasteiger partial charge in [-0.1, -0.05) is 25.4 Å². The van der Waals surface area contributed by atoms with Crippen LogP contribution in [0.5, 0.6) is 0 Å². The van der Waals surface area contributed by atoms with Crippen LogP contribution in [0.25, 0.3) is 11.0 Å². The summed E-state index contributed by atoms with van der Waals surface area (Å²) in [6, 6.07) is 2.20. The van der Waals surface area contributed by atoms with Crippen molar-refractivity contribution in [3.8, 4) is 0 Å². The zero-order valence-electron chi connectivity index (χ0n) is 18.8. The number of nitrogens with zero attached hydrogens (tertiary/aromatic N) is 4. The molecule has 168 valence electrons. The number of amides is 1. The lowest BCUT2D eigenvalue weighted by molar-refractivity contribution is -0.133. The average Bonchev–Trinajstić information content (AvgIpc) is 3.16. The topological polar surface area (TPSA) is 72.5 Å². The number of piperazine rings is 1. The first kappa shape index (κ1) is 22.1. The van der Waals surface area contributed by atoms with Gasteiger partial charge in [0.25, 0.3) is 0 Å². The lowest BCUT2D eigenvalue weighted by Crippen LogP contribution is -2.52. The normalized spacial score (nSPS) is 25.3. The Kier molecular flexibility index (Phi) is 6.26. The number of imidazole rings is 1. The fourth-order valence-electron chi connectivity index (χ4n) is 5.09. The first-order chi connectivity index (χ1) is 14.8. The lowest BCUT2D eigenvalue weighted by atomic mass is 9.92. The van der Waals surface area contributed by atoms with Crippen LogP contribution in [0.1, 0.15) is 62.8 Å². The molecule has 2 aliphatic rings.